The molecule has 0 unspecified atom stereocenters. The van der Waals surface area contributed by atoms with E-state index >= 15 is 0 Å². The summed E-state index contributed by atoms with van der Waals surface area (Å²) in [6, 6.07) is 2.02. The summed E-state index contributed by atoms with van der Waals surface area (Å²) in [7, 11) is 3.91. The Balaban J connectivity index is 2.41. The number of hydrogen-bond donors (Lipinski definition) is 1. The summed E-state index contributed by atoms with van der Waals surface area (Å²) in [6.07, 6.45) is 1.63. The highest BCUT2D eigenvalue weighted by molar-refractivity contribution is 5.71. The molecule has 0 bridgehead atoms. The lowest BCUT2D eigenvalue weighted by atomic mass is 9.92. The summed E-state index contributed by atoms with van der Waals surface area (Å²) in [5, 5.41) is 11.3. The van der Waals surface area contributed by atoms with E-state index < -0.39 is 0 Å². The zero-order chi connectivity index (χ0) is 12.6. The van der Waals surface area contributed by atoms with E-state index in [9.17, 15) is 0 Å². The van der Waals surface area contributed by atoms with Crippen LogP contribution >= 0.6 is 0 Å². The van der Waals surface area contributed by atoms with Crippen molar-refractivity contribution in [2.75, 3.05) is 19.0 Å². The number of nitrogens with zero attached hydrogens (tertiary/aromatic N) is 3. The number of aromatic nitrogens is 3. The van der Waals surface area contributed by atoms with Gasteiger partial charge in [-0.2, -0.15) is 5.10 Å². The molecule has 0 fully saturated rings. The molecule has 0 aliphatic carbocycles. The summed E-state index contributed by atoms with van der Waals surface area (Å²) >= 11 is 0. The first-order chi connectivity index (χ1) is 7.89. The molecule has 0 amide bonds. The minimum atomic E-state index is 0.0246. The van der Waals surface area contributed by atoms with Gasteiger partial charge in [0.2, 0.25) is 0 Å². The van der Waals surface area contributed by atoms with Gasteiger partial charge in [-0.1, -0.05) is 25.9 Å². The Morgan fingerprint density at radius 3 is 2.53 bits per heavy atom. The van der Waals surface area contributed by atoms with Crippen molar-refractivity contribution in [3.8, 4) is 11.4 Å². The first kappa shape index (κ1) is 11.7. The van der Waals surface area contributed by atoms with Gasteiger partial charge in [0, 0.05) is 19.5 Å². The number of hydrogen-bond acceptors (Lipinski definition) is 4. The van der Waals surface area contributed by atoms with Crippen LogP contribution in [0.5, 0.6) is 0 Å². The molecule has 5 heteroatoms. The fourth-order valence-corrected chi connectivity index (χ4v) is 1.56. The van der Waals surface area contributed by atoms with Gasteiger partial charge in [-0.25, -0.2) is 0 Å². The van der Waals surface area contributed by atoms with Crippen LogP contribution in [0.1, 0.15) is 26.5 Å². The zero-order valence-electron chi connectivity index (χ0n) is 10.9. The number of aromatic amines is 1. The fraction of sp³-hybridized carbons (Fsp3) is 0.500. The predicted molar refractivity (Wildman–Crippen MR) is 67.1 cm³/mol. The van der Waals surface area contributed by atoms with Crippen molar-refractivity contribution in [1.29, 1.82) is 0 Å². The van der Waals surface area contributed by atoms with E-state index in [0.29, 0.717) is 0 Å². The minimum absolute atomic E-state index is 0.0246. The zero-order valence-corrected chi connectivity index (χ0v) is 10.9. The average molecular weight is 234 g/mol. The summed E-state index contributed by atoms with van der Waals surface area (Å²) < 4.78 is 5.02. The summed E-state index contributed by atoms with van der Waals surface area (Å²) in [5.74, 6) is 0. The molecule has 0 saturated heterocycles. The van der Waals surface area contributed by atoms with E-state index in [1.165, 1.54) is 0 Å². The van der Waals surface area contributed by atoms with Gasteiger partial charge >= 0.3 is 0 Å². The smallest absolute Gasteiger partial charge is 0.154 e. The highest BCUT2D eigenvalue weighted by Crippen LogP contribution is 2.29. The van der Waals surface area contributed by atoms with Crippen LogP contribution in [-0.2, 0) is 5.41 Å². The van der Waals surface area contributed by atoms with E-state index in [1.807, 2.05) is 25.1 Å². The predicted octanol–water partition coefficient (Wildman–Crippen LogP) is 2.43. The second-order valence-electron chi connectivity index (χ2n) is 5.36. The van der Waals surface area contributed by atoms with Crippen LogP contribution in [-0.4, -0.2) is 29.4 Å². The van der Waals surface area contributed by atoms with Crippen LogP contribution in [0.4, 0.5) is 5.69 Å². The third-order valence-corrected chi connectivity index (χ3v) is 2.63. The highest BCUT2D eigenvalue weighted by Gasteiger charge is 2.20. The van der Waals surface area contributed by atoms with Gasteiger partial charge in [0.25, 0.3) is 0 Å². The first-order valence-electron chi connectivity index (χ1n) is 5.57. The molecule has 0 saturated carbocycles. The Morgan fingerprint density at radius 2 is 2.00 bits per heavy atom. The molecule has 0 spiro atoms. The second kappa shape index (κ2) is 3.91. The van der Waals surface area contributed by atoms with Gasteiger partial charge in [-0.3, -0.25) is 5.10 Å². The Morgan fingerprint density at radius 1 is 1.29 bits per heavy atom. The summed E-state index contributed by atoms with van der Waals surface area (Å²) in [4.78, 5) is 1.96. The highest BCUT2D eigenvalue weighted by atomic mass is 16.5. The van der Waals surface area contributed by atoms with Crippen LogP contribution in [0.25, 0.3) is 11.4 Å². The molecule has 2 aromatic heterocycles. The molecule has 92 valence electrons. The second-order valence-corrected chi connectivity index (χ2v) is 5.36. The minimum Gasteiger partial charge on any atom is -0.373 e. The van der Waals surface area contributed by atoms with Gasteiger partial charge in [0.05, 0.1) is 11.4 Å². The van der Waals surface area contributed by atoms with E-state index in [2.05, 4.69) is 36.1 Å². The molecule has 2 aromatic rings. The van der Waals surface area contributed by atoms with Crippen molar-refractivity contribution in [2.24, 2.45) is 0 Å². The third kappa shape index (κ3) is 2.18. The summed E-state index contributed by atoms with van der Waals surface area (Å²) in [6.45, 7) is 6.38. The summed E-state index contributed by atoms with van der Waals surface area (Å²) in [5.41, 5.74) is 3.65. The molecule has 0 aliphatic rings. The molecule has 17 heavy (non-hydrogen) atoms. The first-order valence-corrected chi connectivity index (χ1v) is 5.57. The Hall–Kier alpha value is -1.78. The maximum absolute atomic E-state index is 5.02. The van der Waals surface area contributed by atoms with Crippen molar-refractivity contribution in [2.45, 2.75) is 26.2 Å². The molecular formula is C12H18N4O. The maximum atomic E-state index is 5.02. The number of anilines is 1. The van der Waals surface area contributed by atoms with E-state index in [0.717, 1.165) is 22.8 Å². The molecule has 5 nitrogen and oxygen atoms in total. The molecule has 2 heterocycles. The average Bonchev–Trinajstić information content (AvgIpc) is 2.85. The van der Waals surface area contributed by atoms with Gasteiger partial charge in [-0.15, -0.1) is 0 Å². The SMILES string of the molecule is CN(C)c1conc1-c1cc(C(C)(C)C)n[nH]1. The molecule has 0 radical (unpaired) electrons. The van der Waals surface area contributed by atoms with Crippen LogP contribution in [0.3, 0.4) is 0 Å². The van der Waals surface area contributed by atoms with Crippen molar-refractivity contribution in [3.05, 3.63) is 18.0 Å². The van der Waals surface area contributed by atoms with Crippen LogP contribution in [0.15, 0.2) is 16.9 Å². The molecule has 2 rings (SSSR count). The van der Waals surface area contributed by atoms with Gasteiger partial charge in [-0.05, 0) is 6.07 Å². The Labute approximate surface area is 101 Å². The maximum Gasteiger partial charge on any atom is 0.154 e. The monoisotopic (exact) mass is 234 g/mol. The van der Waals surface area contributed by atoms with Crippen LogP contribution < -0.4 is 4.90 Å². The molecule has 1 N–H and O–H groups in total. The normalized spacial score (nSPS) is 11.8. The van der Waals surface area contributed by atoms with E-state index in [4.69, 9.17) is 4.52 Å². The standard InChI is InChI=1S/C12H18N4O/c1-12(2,3)10-6-8(13-14-10)11-9(16(4)5)7-17-15-11/h6-7H,1-5H3,(H,13,14). The van der Waals surface area contributed by atoms with E-state index in [-0.39, 0.29) is 5.41 Å². The molecular weight excluding hydrogens is 216 g/mol. The van der Waals surface area contributed by atoms with Crippen molar-refractivity contribution in [1.82, 2.24) is 15.4 Å². The lowest BCUT2D eigenvalue weighted by Crippen LogP contribution is -2.11. The molecule has 0 aliphatic heterocycles. The fourth-order valence-electron chi connectivity index (χ4n) is 1.56. The van der Waals surface area contributed by atoms with Gasteiger partial charge in [0.15, 0.2) is 5.69 Å². The van der Waals surface area contributed by atoms with Gasteiger partial charge < -0.3 is 9.42 Å². The number of rotatable bonds is 2. The number of H-pyrrole nitrogens is 1. The van der Waals surface area contributed by atoms with E-state index in [1.54, 1.807) is 6.26 Å². The van der Waals surface area contributed by atoms with Crippen molar-refractivity contribution < 1.29 is 4.52 Å². The molecule has 0 atom stereocenters. The third-order valence-electron chi connectivity index (χ3n) is 2.63. The Bertz CT molecular complexity index is 505. The number of nitrogens with one attached hydrogen (secondary N) is 1. The Kier molecular flexibility index (Phi) is 2.69. The lowest BCUT2D eigenvalue weighted by Gasteiger charge is -2.13. The van der Waals surface area contributed by atoms with Crippen LogP contribution in [0.2, 0.25) is 0 Å². The van der Waals surface area contributed by atoms with Crippen molar-refractivity contribution >= 4 is 5.69 Å². The largest absolute Gasteiger partial charge is 0.373 e. The lowest BCUT2D eigenvalue weighted by molar-refractivity contribution is 0.422. The topological polar surface area (TPSA) is 58.0 Å². The molecule has 0 aromatic carbocycles. The van der Waals surface area contributed by atoms with Crippen molar-refractivity contribution in [3.63, 3.8) is 0 Å². The van der Waals surface area contributed by atoms with Crippen LogP contribution in [0, 0.1) is 0 Å². The quantitative estimate of drug-likeness (QED) is 0.867. The van der Waals surface area contributed by atoms with Gasteiger partial charge in [0.1, 0.15) is 12.0 Å².